The molecule has 1 amide bonds. The molecule has 0 saturated carbocycles. The molecule has 19 heavy (non-hydrogen) atoms. The van der Waals surface area contributed by atoms with E-state index >= 15 is 0 Å². The van der Waals surface area contributed by atoms with E-state index in [9.17, 15) is 9.59 Å². The van der Waals surface area contributed by atoms with Crippen molar-refractivity contribution in [2.24, 2.45) is 0 Å². The molecule has 1 aromatic carbocycles. The van der Waals surface area contributed by atoms with Crippen molar-refractivity contribution in [3.8, 4) is 12.3 Å². The molecule has 0 bridgehead atoms. The Hall–Kier alpha value is -2.28. The fourth-order valence-electron chi connectivity index (χ4n) is 1.51. The number of carbonyl (C=O) groups excluding carboxylic acids is 2. The van der Waals surface area contributed by atoms with E-state index in [0.717, 1.165) is 5.56 Å². The summed E-state index contributed by atoms with van der Waals surface area (Å²) in [6.07, 6.45) is 4.81. The maximum absolute atomic E-state index is 11.9. The Kier molecular flexibility index (Phi) is 6.17. The Morgan fingerprint density at radius 2 is 2.05 bits per heavy atom. The largest absolute Gasteiger partial charge is 0.452 e. The van der Waals surface area contributed by atoms with Crippen LogP contribution in [0, 0.1) is 12.3 Å². The van der Waals surface area contributed by atoms with E-state index in [4.69, 9.17) is 11.2 Å². The van der Waals surface area contributed by atoms with E-state index < -0.39 is 12.1 Å². The Morgan fingerprint density at radius 3 is 2.63 bits per heavy atom. The summed E-state index contributed by atoms with van der Waals surface area (Å²) in [5, 5.41) is 2.53. The predicted octanol–water partition coefficient (Wildman–Crippen LogP) is 1.30. The van der Waals surface area contributed by atoms with Gasteiger partial charge in [-0.1, -0.05) is 43.2 Å². The van der Waals surface area contributed by atoms with E-state index in [1.807, 2.05) is 30.3 Å². The van der Waals surface area contributed by atoms with Gasteiger partial charge in [0, 0.05) is 12.8 Å². The summed E-state index contributed by atoms with van der Waals surface area (Å²) in [5.41, 5.74) is 0.923. The number of amides is 1. The molecule has 0 aliphatic carbocycles. The lowest BCUT2D eigenvalue weighted by Gasteiger charge is -2.16. The van der Waals surface area contributed by atoms with Gasteiger partial charge in [0.05, 0.1) is 6.54 Å². The van der Waals surface area contributed by atoms with Crippen LogP contribution in [0.5, 0.6) is 0 Å². The average Bonchev–Trinajstić information content (AvgIpc) is 2.44. The second kappa shape index (κ2) is 7.93. The van der Waals surface area contributed by atoms with Crippen molar-refractivity contribution in [3.63, 3.8) is 0 Å². The topological polar surface area (TPSA) is 55.4 Å². The summed E-state index contributed by atoms with van der Waals surface area (Å²) in [4.78, 5) is 23.2. The number of nitrogens with one attached hydrogen (secondary N) is 1. The van der Waals surface area contributed by atoms with E-state index in [1.54, 1.807) is 6.92 Å². The van der Waals surface area contributed by atoms with Gasteiger partial charge in [-0.25, -0.2) is 0 Å². The molecule has 0 unspecified atom stereocenters. The first-order valence-electron chi connectivity index (χ1n) is 6.12. The molecule has 0 saturated heterocycles. The lowest BCUT2D eigenvalue weighted by molar-refractivity contribution is -0.155. The first-order chi connectivity index (χ1) is 9.17. The molecule has 1 atom stereocenters. The van der Waals surface area contributed by atoms with Gasteiger partial charge >= 0.3 is 5.97 Å². The predicted molar refractivity (Wildman–Crippen MR) is 72.2 cm³/mol. The summed E-state index contributed by atoms with van der Waals surface area (Å²) in [7, 11) is 0. The molecule has 0 heterocycles. The number of hydrogen-bond donors (Lipinski definition) is 1. The van der Waals surface area contributed by atoms with Crippen LogP contribution in [0.15, 0.2) is 30.3 Å². The molecule has 0 fully saturated rings. The number of benzene rings is 1. The van der Waals surface area contributed by atoms with Crippen LogP contribution in [0.25, 0.3) is 0 Å². The second-order valence-corrected chi connectivity index (χ2v) is 3.94. The molecule has 0 aromatic heterocycles. The van der Waals surface area contributed by atoms with Crippen LogP contribution < -0.4 is 5.32 Å². The van der Waals surface area contributed by atoms with Crippen LogP contribution >= 0.6 is 0 Å². The zero-order chi connectivity index (χ0) is 14.1. The maximum Gasteiger partial charge on any atom is 0.306 e. The number of terminal acetylenes is 1. The highest BCUT2D eigenvalue weighted by molar-refractivity contribution is 5.84. The van der Waals surface area contributed by atoms with Gasteiger partial charge in [0.2, 0.25) is 0 Å². The molecule has 0 spiro atoms. The zero-order valence-corrected chi connectivity index (χ0v) is 10.9. The van der Waals surface area contributed by atoms with Gasteiger partial charge in [-0.05, 0) is 5.56 Å². The van der Waals surface area contributed by atoms with Crippen LogP contribution in [-0.2, 0) is 20.7 Å². The first kappa shape index (κ1) is 14.8. The quantitative estimate of drug-likeness (QED) is 0.619. The highest BCUT2D eigenvalue weighted by Crippen LogP contribution is 2.07. The highest BCUT2D eigenvalue weighted by atomic mass is 16.5. The first-order valence-corrected chi connectivity index (χ1v) is 6.12. The lowest BCUT2D eigenvalue weighted by Crippen LogP contribution is -2.39. The van der Waals surface area contributed by atoms with Crippen molar-refractivity contribution >= 4 is 11.9 Å². The summed E-state index contributed by atoms with van der Waals surface area (Å²) < 4.78 is 5.14. The van der Waals surface area contributed by atoms with Gasteiger partial charge in [-0.15, -0.1) is 6.42 Å². The van der Waals surface area contributed by atoms with Crippen LogP contribution in [0.3, 0.4) is 0 Å². The molecular formula is C15H17NO3. The molecule has 4 heteroatoms. The highest BCUT2D eigenvalue weighted by Gasteiger charge is 2.22. The minimum Gasteiger partial charge on any atom is -0.452 e. The number of esters is 1. The van der Waals surface area contributed by atoms with Gasteiger partial charge in [-0.2, -0.15) is 0 Å². The van der Waals surface area contributed by atoms with Gasteiger partial charge in [0.25, 0.3) is 5.91 Å². The second-order valence-electron chi connectivity index (χ2n) is 3.94. The normalized spacial score (nSPS) is 11.2. The van der Waals surface area contributed by atoms with E-state index in [2.05, 4.69) is 11.2 Å². The van der Waals surface area contributed by atoms with Gasteiger partial charge in [0.15, 0.2) is 6.10 Å². The van der Waals surface area contributed by atoms with Crippen molar-refractivity contribution < 1.29 is 14.3 Å². The summed E-state index contributed by atoms with van der Waals surface area (Å²) in [5.74, 6) is 1.53. The van der Waals surface area contributed by atoms with Crippen LogP contribution in [0.1, 0.15) is 18.9 Å². The summed E-state index contributed by atoms with van der Waals surface area (Å²) >= 11 is 0. The van der Waals surface area contributed by atoms with E-state index in [-0.39, 0.29) is 18.9 Å². The van der Waals surface area contributed by atoms with Crippen molar-refractivity contribution in [1.82, 2.24) is 5.32 Å². The molecule has 1 aromatic rings. The Bertz CT molecular complexity index is 462. The number of carbonyl (C=O) groups is 2. The fraction of sp³-hybridized carbons (Fsp3) is 0.333. The summed E-state index contributed by atoms with van der Waals surface area (Å²) in [6.45, 7) is 1.80. The van der Waals surface area contributed by atoms with Gasteiger partial charge in [-0.3, -0.25) is 9.59 Å². The lowest BCUT2D eigenvalue weighted by atomic mass is 10.1. The van der Waals surface area contributed by atoms with Crippen molar-refractivity contribution in [1.29, 1.82) is 0 Å². The third-order valence-electron chi connectivity index (χ3n) is 2.48. The Balaban J connectivity index is 2.71. The van der Waals surface area contributed by atoms with Crippen molar-refractivity contribution in [3.05, 3.63) is 35.9 Å². The molecule has 0 aliphatic rings. The Morgan fingerprint density at radius 1 is 1.37 bits per heavy atom. The minimum absolute atomic E-state index is 0.119. The molecular weight excluding hydrogens is 242 g/mol. The smallest absolute Gasteiger partial charge is 0.306 e. The third-order valence-corrected chi connectivity index (χ3v) is 2.48. The molecule has 100 valence electrons. The Labute approximate surface area is 113 Å². The molecule has 1 N–H and O–H groups in total. The standard InChI is InChI=1S/C15H17NO3/c1-3-10-16-15(18)13(19-14(17)4-2)11-12-8-6-5-7-9-12/h1,5-9,13H,4,10-11H2,2H3,(H,16,18)/t13-/m0/s1. The summed E-state index contributed by atoms with van der Waals surface area (Å²) in [6, 6.07) is 9.37. The number of rotatable bonds is 6. The van der Waals surface area contributed by atoms with Crippen LogP contribution in [0.4, 0.5) is 0 Å². The van der Waals surface area contributed by atoms with Crippen LogP contribution in [-0.4, -0.2) is 24.5 Å². The van der Waals surface area contributed by atoms with E-state index in [0.29, 0.717) is 6.42 Å². The van der Waals surface area contributed by atoms with Crippen LogP contribution in [0.2, 0.25) is 0 Å². The van der Waals surface area contributed by atoms with Gasteiger partial charge < -0.3 is 10.1 Å². The third kappa shape index (κ3) is 5.26. The molecule has 0 radical (unpaired) electrons. The molecule has 0 aliphatic heterocycles. The minimum atomic E-state index is -0.844. The van der Waals surface area contributed by atoms with Crippen molar-refractivity contribution in [2.45, 2.75) is 25.9 Å². The zero-order valence-electron chi connectivity index (χ0n) is 10.9. The number of ether oxygens (including phenoxy) is 1. The van der Waals surface area contributed by atoms with Gasteiger partial charge in [0.1, 0.15) is 0 Å². The maximum atomic E-state index is 11.9. The fourth-order valence-corrected chi connectivity index (χ4v) is 1.51. The SMILES string of the molecule is C#CCNC(=O)[C@H](Cc1ccccc1)OC(=O)CC. The monoisotopic (exact) mass is 259 g/mol. The molecule has 1 rings (SSSR count). The van der Waals surface area contributed by atoms with Crippen molar-refractivity contribution in [2.75, 3.05) is 6.54 Å². The average molecular weight is 259 g/mol. The van der Waals surface area contributed by atoms with E-state index in [1.165, 1.54) is 0 Å². The number of hydrogen-bond acceptors (Lipinski definition) is 3. The molecule has 4 nitrogen and oxygen atoms in total.